The van der Waals surface area contributed by atoms with Gasteiger partial charge in [0, 0.05) is 29.8 Å². The summed E-state index contributed by atoms with van der Waals surface area (Å²) < 4.78 is 13.6. The molecule has 8 nitrogen and oxygen atoms in total. The lowest BCUT2D eigenvalue weighted by atomic mass is 10.0. The number of aromatic amines is 1. The molecular weight excluding hydrogens is 409 g/mol. The lowest BCUT2D eigenvalue weighted by Gasteiger charge is -2.34. The maximum absolute atomic E-state index is 13.6. The second-order valence-corrected chi connectivity index (χ2v) is 7.82. The Morgan fingerprint density at radius 2 is 2.27 bits per heavy atom. The molecule has 1 amide bonds. The average molecular weight is 432 g/mol. The highest BCUT2D eigenvalue weighted by Crippen LogP contribution is 2.24. The molecule has 1 aromatic carbocycles. The van der Waals surface area contributed by atoms with Crippen molar-refractivity contribution in [2.75, 3.05) is 23.3 Å². The predicted molar refractivity (Wildman–Crippen MR) is 114 cm³/mol. The van der Waals surface area contributed by atoms with Gasteiger partial charge in [0.1, 0.15) is 24.0 Å². The van der Waals surface area contributed by atoms with Crippen LogP contribution in [0, 0.1) is 5.82 Å². The molecule has 3 N–H and O–H groups in total. The Morgan fingerprint density at radius 1 is 1.40 bits per heavy atom. The maximum Gasteiger partial charge on any atom is 0.242 e. The van der Waals surface area contributed by atoms with E-state index in [1.54, 1.807) is 12.3 Å². The van der Waals surface area contributed by atoms with Crippen LogP contribution in [0.2, 0.25) is 5.02 Å². The van der Waals surface area contributed by atoms with Gasteiger partial charge in [-0.15, -0.1) is 0 Å². The van der Waals surface area contributed by atoms with Gasteiger partial charge >= 0.3 is 0 Å². The highest BCUT2D eigenvalue weighted by Gasteiger charge is 2.26. The van der Waals surface area contributed by atoms with E-state index < -0.39 is 11.9 Å². The number of fused-ring (bicyclic) bond motifs is 1. The Morgan fingerprint density at radius 3 is 3.07 bits per heavy atom. The number of H-pyrrole nitrogens is 1. The first kappa shape index (κ1) is 20.3. The second kappa shape index (κ2) is 8.83. The topological polar surface area (TPSA) is 98.8 Å². The van der Waals surface area contributed by atoms with Gasteiger partial charge in [0.25, 0.3) is 0 Å². The predicted octanol–water partition coefficient (Wildman–Crippen LogP) is 3.12. The van der Waals surface area contributed by atoms with Gasteiger partial charge in [-0.05, 0) is 37.5 Å². The summed E-state index contributed by atoms with van der Waals surface area (Å²) in [5, 5.41) is 14.2. The Balaban J connectivity index is 1.42. The fourth-order valence-electron chi connectivity index (χ4n) is 3.78. The molecule has 0 aliphatic carbocycles. The van der Waals surface area contributed by atoms with Gasteiger partial charge in [0.05, 0.1) is 11.6 Å². The van der Waals surface area contributed by atoms with E-state index in [1.165, 1.54) is 18.5 Å². The molecule has 2 aromatic heterocycles. The Bertz CT molecular complexity index is 1020. The zero-order chi connectivity index (χ0) is 21.1. The summed E-state index contributed by atoms with van der Waals surface area (Å²) in [6, 6.07) is 3.66. The van der Waals surface area contributed by atoms with Gasteiger partial charge in [-0.2, -0.15) is 5.10 Å². The lowest BCUT2D eigenvalue weighted by molar-refractivity contribution is -0.122. The van der Waals surface area contributed by atoms with Crippen LogP contribution in [0.1, 0.15) is 26.2 Å². The van der Waals surface area contributed by atoms with Gasteiger partial charge in [-0.25, -0.2) is 14.4 Å². The van der Waals surface area contributed by atoms with Crippen LogP contribution in [0.4, 0.5) is 15.9 Å². The maximum atomic E-state index is 13.6. The lowest BCUT2D eigenvalue weighted by Crippen LogP contribution is -2.51. The zero-order valence-corrected chi connectivity index (χ0v) is 17.3. The largest absolute Gasteiger partial charge is 0.374 e. The number of anilines is 2. The highest BCUT2D eigenvalue weighted by atomic mass is 35.5. The number of hydrogen-bond donors (Lipinski definition) is 3. The molecule has 0 saturated carbocycles. The Labute approximate surface area is 178 Å². The first-order valence-electron chi connectivity index (χ1n) is 9.95. The van der Waals surface area contributed by atoms with E-state index in [2.05, 4.69) is 35.7 Å². The monoisotopic (exact) mass is 431 g/mol. The smallest absolute Gasteiger partial charge is 0.242 e. The van der Waals surface area contributed by atoms with Crippen molar-refractivity contribution in [3.05, 3.63) is 41.6 Å². The van der Waals surface area contributed by atoms with E-state index in [0.717, 1.165) is 30.6 Å². The number of benzene rings is 1. The standard InChI is InChI=1S/C20H23ClFN7O/c1-2-17(26-15-7-12(21)6-13(22)8-15)20(30)27-14-4-3-5-29(10-14)19-16-9-25-28-18(16)23-11-24-19/h6-9,11,14,17,26H,2-5,10H2,1H3,(H,27,30)(H,23,24,25,28). The van der Waals surface area contributed by atoms with Gasteiger partial charge < -0.3 is 15.5 Å². The van der Waals surface area contributed by atoms with Crippen LogP contribution in [0.15, 0.2) is 30.7 Å². The van der Waals surface area contributed by atoms with Crippen molar-refractivity contribution in [3.8, 4) is 0 Å². The molecule has 2 unspecified atom stereocenters. The number of aromatic nitrogens is 4. The minimum absolute atomic E-state index is 0.0184. The zero-order valence-electron chi connectivity index (χ0n) is 16.5. The van der Waals surface area contributed by atoms with Crippen LogP contribution >= 0.6 is 11.6 Å². The summed E-state index contributed by atoms with van der Waals surface area (Å²) in [6.07, 6.45) is 5.59. The summed E-state index contributed by atoms with van der Waals surface area (Å²) in [7, 11) is 0. The number of carbonyl (C=O) groups excluding carboxylic acids is 1. The Hall–Kier alpha value is -2.94. The molecule has 3 aromatic rings. The third-order valence-electron chi connectivity index (χ3n) is 5.22. The van der Waals surface area contributed by atoms with E-state index in [-0.39, 0.29) is 17.0 Å². The SMILES string of the molecule is CCC(Nc1cc(F)cc(Cl)c1)C(=O)NC1CCCN(c2ncnc3[nH]ncc23)C1. The van der Waals surface area contributed by atoms with Crippen molar-refractivity contribution in [1.29, 1.82) is 0 Å². The molecule has 1 fully saturated rings. The van der Waals surface area contributed by atoms with Crippen LogP contribution in [-0.4, -0.2) is 51.2 Å². The first-order chi connectivity index (χ1) is 14.5. The van der Waals surface area contributed by atoms with E-state index >= 15 is 0 Å². The fraction of sp³-hybridized carbons (Fsp3) is 0.400. The summed E-state index contributed by atoms with van der Waals surface area (Å²) in [4.78, 5) is 23.6. The van der Waals surface area contributed by atoms with E-state index in [4.69, 9.17) is 11.6 Å². The summed E-state index contributed by atoms with van der Waals surface area (Å²) in [6.45, 7) is 3.40. The van der Waals surface area contributed by atoms with Crippen molar-refractivity contribution in [1.82, 2.24) is 25.5 Å². The van der Waals surface area contributed by atoms with Gasteiger partial charge in [0.15, 0.2) is 5.65 Å². The molecule has 1 saturated heterocycles. The van der Waals surface area contributed by atoms with Crippen LogP contribution in [0.5, 0.6) is 0 Å². The minimum Gasteiger partial charge on any atom is -0.374 e. The van der Waals surface area contributed by atoms with Crippen LogP contribution in [0.25, 0.3) is 11.0 Å². The molecule has 4 rings (SSSR count). The number of nitrogens with one attached hydrogen (secondary N) is 3. The van der Waals surface area contributed by atoms with Gasteiger partial charge in [-0.3, -0.25) is 9.89 Å². The fourth-order valence-corrected chi connectivity index (χ4v) is 4.01. The molecule has 0 spiro atoms. The first-order valence-corrected chi connectivity index (χ1v) is 10.3. The number of piperidine rings is 1. The number of halogens is 2. The van der Waals surface area contributed by atoms with Gasteiger partial charge in [0.2, 0.25) is 5.91 Å². The van der Waals surface area contributed by atoms with Crippen molar-refractivity contribution in [2.24, 2.45) is 0 Å². The molecule has 1 aliphatic heterocycles. The molecule has 0 bridgehead atoms. The minimum atomic E-state index is -0.488. The second-order valence-electron chi connectivity index (χ2n) is 7.39. The van der Waals surface area contributed by atoms with Gasteiger partial charge in [-0.1, -0.05) is 18.5 Å². The number of nitrogens with zero attached hydrogens (tertiary/aromatic N) is 4. The number of hydrogen-bond acceptors (Lipinski definition) is 6. The highest BCUT2D eigenvalue weighted by molar-refractivity contribution is 6.30. The van der Waals surface area contributed by atoms with Crippen molar-refractivity contribution >= 4 is 40.0 Å². The van der Waals surface area contributed by atoms with E-state index in [1.807, 2.05) is 6.92 Å². The number of rotatable bonds is 6. The van der Waals surface area contributed by atoms with E-state index in [0.29, 0.717) is 24.3 Å². The number of carbonyl (C=O) groups is 1. The molecule has 2 atom stereocenters. The van der Waals surface area contributed by atoms with Crippen LogP contribution in [-0.2, 0) is 4.79 Å². The van der Waals surface area contributed by atoms with E-state index in [9.17, 15) is 9.18 Å². The number of amides is 1. The molecular formula is C20H23ClFN7O. The van der Waals surface area contributed by atoms with Crippen LogP contribution < -0.4 is 15.5 Å². The van der Waals surface area contributed by atoms with Crippen molar-refractivity contribution in [3.63, 3.8) is 0 Å². The summed E-state index contributed by atoms with van der Waals surface area (Å²) in [5.74, 6) is 0.242. The normalized spacial score (nSPS) is 17.7. The van der Waals surface area contributed by atoms with Crippen LogP contribution in [0.3, 0.4) is 0 Å². The quantitative estimate of drug-likeness (QED) is 0.554. The van der Waals surface area contributed by atoms with Crippen molar-refractivity contribution < 1.29 is 9.18 Å². The van der Waals surface area contributed by atoms with Crippen molar-refractivity contribution in [2.45, 2.75) is 38.3 Å². The molecule has 1 aliphatic rings. The molecule has 158 valence electrons. The molecule has 30 heavy (non-hydrogen) atoms. The average Bonchev–Trinajstić information content (AvgIpc) is 3.20. The molecule has 0 radical (unpaired) electrons. The summed E-state index contributed by atoms with van der Waals surface area (Å²) in [5.41, 5.74) is 1.17. The molecule has 10 heteroatoms. The molecule has 3 heterocycles. The Kier molecular flexibility index (Phi) is 5.98. The summed E-state index contributed by atoms with van der Waals surface area (Å²) >= 11 is 5.92. The third kappa shape index (κ3) is 4.46. The third-order valence-corrected chi connectivity index (χ3v) is 5.44.